The van der Waals surface area contributed by atoms with E-state index in [4.69, 9.17) is 21.7 Å². The lowest BCUT2D eigenvalue weighted by Gasteiger charge is -2.14. The van der Waals surface area contributed by atoms with Gasteiger partial charge in [0.25, 0.3) is 5.91 Å². The Morgan fingerprint density at radius 3 is 2.66 bits per heavy atom. The molecule has 0 N–H and O–H groups in total. The predicted molar refractivity (Wildman–Crippen MR) is 114 cm³/mol. The van der Waals surface area contributed by atoms with Crippen LogP contribution in [0.5, 0.6) is 11.5 Å². The van der Waals surface area contributed by atoms with Crippen LogP contribution < -0.4 is 14.6 Å². The SMILES string of the molecule is COc1cc(C=C2SC(=S)N(CC(=O)[O-])C2=O)ccc1OCCc1ccccc1. The van der Waals surface area contributed by atoms with E-state index in [1.54, 1.807) is 31.4 Å². The third-order valence-corrected chi connectivity index (χ3v) is 5.52. The molecule has 150 valence electrons. The number of amides is 1. The summed E-state index contributed by atoms with van der Waals surface area (Å²) in [6.07, 6.45) is 2.41. The summed E-state index contributed by atoms with van der Waals surface area (Å²) >= 11 is 6.13. The largest absolute Gasteiger partial charge is 0.548 e. The highest BCUT2D eigenvalue weighted by Crippen LogP contribution is 2.34. The van der Waals surface area contributed by atoms with Crippen molar-refractivity contribution in [1.82, 2.24) is 4.90 Å². The van der Waals surface area contributed by atoms with Gasteiger partial charge in [-0.1, -0.05) is 60.4 Å². The van der Waals surface area contributed by atoms with Gasteiger partial charge >= 0.3 is 0 Å². The summed E-state index contributed by atoms with van der Waals surface area (Å²) in [5, 5.41) is 10.8. The highest BCUT2D eigenvalue weighted by atomic mass is 32.2. The van der Waals surface area contributed by atoms with Gasteiger partial charge in [-0.3, -0.25) is 9.69 Å². The van der Waals surface area contributed by atoms with Gasteiger partial charge in [0.05, 0.1) is 31.1 Å². The van der Waals surface area contributed by atoms with Crippen LogP contribution in [0, 0.1) is 0 Å². The first-order valence-electron chi connectivity index (χ1n) is 8.78. The maximum Gasteiger partial charge on any atom is 0.266 e. The van der Waals surface area contributed by atoms with Crippen LogP contribution in [0.3, 0.4) is 0 Å². The molecular formula is C21H18NO5S2-. The normalized spacial score (nSPS) is 15.1. The molecule has 1 aliphatic heterocycles. The standard InChI is InChI=1S/C21H19NO5S2/c1-26-17-11-15(12-18-20(25)22(13-19(23)24)21(28)29-18)7-8-16(17)27-10-9-14-5-3-2-4-6-14/h2-8,11-12H,9-10,13H2,1H3,(H,23,24)/p-1. The number of nitrogens with zero attached hydrogens (tertiary/aromatic N) is 1. The first kappa shape index (κ1) is 20.9. The van der Waals surface area contributed by atoms with Crippen molar-refractivity contribution in [3.8, 4) is 11.5 Å². The average molecular weight is 429 g/mol. The van der Waals surface area contributed by atoms with Gasteiger partial charge in [-0.15, -0.1) is 0 Å². The fraction of sp³-hybridized carbons (Fsp3) is 0.190. The van der Waals surface area contributed by atoms with Gasteiger partial charge in [0.2, 0.25) is 0 Å². The number of carbonyl (C=O) groups excluding carboxylic acids is 2. The van der Waals surface area contributed by atoms with Crippen LogP contribution in [-0.4, -0.2) is 41.4 Å². The zero-order chi connectivity index (χ0) is 20.8. The van der Waals surface area contributed by atoms with E-state index in [9.17, 15) is 14.7 Å². The van der Waals surface area contributed by atoms with E-state index in [0.717, 1.165) is 23.1 Å². The number of carboxylic acid groups (broad SMARTS) is 1. The minimum Gasteiger partial charge on any atom is -0.548 e. The van der Waals surface area contributed by atoms with Crippen LogP contribution in [0.15, 0.2) is 53.4 Å². The molecule has 1 fully saturated rings. The second-order valence-electron chi connectivity index (χ2n) is 6.13. The van der Waals surface area contributed by atoms with Crippen LogP contribution >= 0.6 is 24.0 Å². The lowest BCUT2D eigenvalue weighted by Crippen LogP contribution is -2.40. The number of carboxylic acids is 1. The number of benzene rings is 2. The second-order valence-corrected chi connectivity index (χ2v) is 7.81. The quantitative estimate of drug-likeness (QED) is 0.471. The van der Waals surface area contributed by atoms with Crippen molar-refractivity contribution in [2.24, 2.45) is 0 Å². The number of thioether (sulfide) groups is 1. The van der Waals surface area contributed by atoms with Crippen molar-refractivity contribution in [3.05, 3.63) is 64.6 Å². The van der Waals surface area contributed by atoms with Crippen molar-refractivity contribution in [3.63, 3.8) is 0 Å². The summed E-state index contributed by atoms with van der Waals surface area (Å²) in [6.45, 7) is -0.0544. The van der Waals surface area contributed by atoms with Gasteiger partial charge in [-0.05, 0) is 29.3 Å². The van der Waals surface area contributed by atoms with Crippen molar-refractivity contribution in [1.29, 1.82) is 0 Å². The first-order valence-corrected chi connectivity index (χ1v) is 10.0. The van der Waals surface area contributed by atoms with Crippen molar-refractivity contribution < 1.29 is 24.2 Å². The molecule has 3 rings (SSSR count). The summed E-state index contributed by atoms with van der Waals surface area (Å²) in [5.41, 5.74) is 1.90. The molecule has 0 aromatic heterocycles. The Labute approximate surface area is 178 Å². The third kappa shape index (κ3) is 5.36. The molecule has 1 heterocycles. The zero-order valence-electron chi connectivity index (χ0n) is 15.6. The molecule has 8 heteroatoms. The molecule has 0 unspecified atom stereocenters. The monoisotopic (exact) mass is 428 g/mol. The number of hydrogen-bond donors (Lipinski definition) is 0. The fourth-order valence-electron chi connectivity index (χ4n) is 2.73. The molecule has 0 bridgehead atoms. The van der Waals surface area contributed by atoms with Gasteiger partial charge in [-0.2, -0.15) is 0 Å². The van der Waals surface area contributed by atoms with Crippen LogP contribution in [0.1, 0.15) is 11.1 Å². The summed E-state index contributed by atoms with van der Waals surface area (Å²) in [4.78, 5) is 24.5. The number of aliphatic carboxylic acids is 1. The number of methoxy groups -OCH3 is 1. The first-order chi connectivity index (χ1) is 14.0. The number of carbonyl (C=O) groups is 2. The van der Waals surface area contributed by atoms with Crippen LogP contribution in [-0.2, 0) is 16.0 Å². The van der Waals surface area contributed by atoms with E-state index in [0.29, 0.717) is 28.6 Å². The highest BCUT2D eigenvalue weighted by Gasteiger charge is 2.31. The molecule has 0 aliphatic carbocycles. The molecule has 2 aromatic rings. The maximum atomic E-state index is 12.4. The predicted octanol–water partition coefficient (Wildman–Crippen LogP) is 2.27. The summed E-state index contributed by atoms with van der Waals surface area (Å²) < 4.78 is 11.4. The Morgan fingerprint density at radius 2 is 1.97 bits per heavy atom. The molecule has 1 aliphatic rings. The molecule has 6 nitrogen and oxygen atoms in total. The summed E-state index contributed by atoms with van der Waals surface area (Å²) in [6, 6.07) is 15.4. The molecule has 0 saturated carbocycles. The molecule has 0 atom stereocenters. The molecule has 0 spiro atoms. The zero-order valence-corrected chi connectivity index (χ0v) is 17.3. The Morgan fingerprint density at radius 1 is 1.21 bits per heavy atom. The lowest BCUT2D eigenvalue weighted by molar-refractivity contribution is -0.305. The van der Waals surface area contributed by atoms with Crippen molar-refractivity contribution >= 4 is 46.3 Å². The van der Waals surface area contributed by atoms with Gasteiger partial charge < -0.3 is 19.4 Å². The Balaban J connectivity index is 1.70. The van der Waals surface area contributed by atoms with Gasteiger partial charge in [-0.25, -0.2) is 0 Å². The number of thiocarbonyl (C=S) groups is 1. The van der Waals surface area contributed by atoms with Gasteiger partial charge in [0.1, 0.15) is 4.32 Å². The minimum atomic E-state index is -1.36. The molecule has 1 saturated heterocycles. The number of hydrogen-bond acceptors (Lipinski definition) is 7. The molecule has 29 heavy (non-hydrogen) atoms. The van der Waals surface area contributed by atoms with E-state index >= 15 is 0 Å². The van der Waals surface area contributed by atoms with Crippen molar-refractivity contribution in [2.75, 3.05) is 20.3 Å². The topological polar surface area (TPSA) is 78.9 Å². The summed E-state index contributed by atoms with van der Waals surface area (Å²) in [5.74, 6) is -0.672. The molecular weight excluding hydrogens is 410 g/mol. The average Bonchev–Trinajstić information content (AvgIpc) is 2.96. The second kappa shape index (κ2) is 9.58. The van der Waals surface area contributed by atoms with E-state index in [1.165, 1.54) is 5.56 Å². The maximum absolute atomic E-state index is 12.4. The summed E-state index contributed by atoms with van der Waals surface area (Å²) in [7, 11) is 1.54. The van der Waals surface area contributed by atoms with E-state index in [1.807, 2.05) is 30.3 Å². The highest BCUT2D eigenvalue weighted by molar-refractivity contribution is 8.26. The Hall–Kier alpha value is -2.84. The van der Waals surface area contributed by atoms with Gasteiger partial charge in [0.15, 0.2) is 11.5 Å². The van der Waals surface area contributed by atoms with E-state index in [-0.39, 0.29) is 4.32 Å². The molecule has 2 aromatic carbocycles. The molecule has 0 radical (unpaired) electrons. The lowest BCUT2D eigenvalue weighted by atomic mass is 10.1. The smallest absolute Gasteiger partial charge is 0.266 e. The Kier molecular flexibility index (Phi) is 6.90. The number of ether oxygens (including phenoxy) is 2. The molecule has 1 amide bonds. The van der Waals surface area contributed by atoms with Crippen LogP contribution in [0.4, 0.5) is 0 Å². The van der Waals surface area contributed by atoms with Gasteiger partial charge in [0, 0.05) is 6.42 Å². The van der Waals surface area contributed by atoms with Crippen molar-refractivity contribution in [2.45, 2.75) is 6.42 Å². The third-order valence-electron chi connectivity index (χ3n) is 4.14. The van der Waals surface area contributed by atoms with Crippen LogP contribution in [0.25, 0.3) is 6.08 Å². The fourth-order valence-corrected chi connectivity index (χ4v) is 3.99. The number of rotatable bonds is 8. The van der Waals surface area contributed by atoms with E-state index in [2.05, 4.69) is 0 Å². The Bertz CT molecular complexity index is 959. The van der Waals surface area contributed by atoms with Crippen LogP contribution in [0.2, 0.25) is 0 Å². The van der Waals surface area contributed by atoms with E-state index < -0.39 is 18.4 Å². The minimum absolute atomic E-state index is 0.193.